The Kier molecular flexibility index (Phi) is 2.82. The summed E-state index contributed by atoms with van der Waals surface area (Å²) in [7, 11) is 0. The van der Waals surface area contributed by atoms with Gasteiger partial charge in [0.2, 0.25) is 0 Å². The molecule has 1 aromatic heterocycles. The van der Waals surface area contributed by atoms with E-state index in [4.69, 9.17) is 0 Å². The zero-order valence-corrected chi connectivity index (χ0v) is 9.97. The van der Waals surface area contributed by atoms with E-state index in [1.807, 2.05) is 12.1 Å². The lowest BCUT2D eigenvalue weighted by Gasteiger charge is -2.13. The van der Waals surface area contributed by atoms with Gasteiger partial charge < -0.3 is 5.11 Å². The minimum Gasteiger partial charge on any atom is -0.391 e. The molecule has 0 bridgehead atoms. The molecule has 0 fully saturated rings. The van der Waals surface area contributed by atoms with E-state index in [0.717, 1.165) is 6.42 Å². The SMILES string of the molecule is O[C@H]1Cc2ccccc2[C@H]1Sc1ncccn1. The lowest BCUT2D eigenvalue weighted by Crippen LogP contribution is -2.10. The van der Waals surface area contributed by atoms with Crippen LogP contribution in [0.5, 0.6) is 0 Å². The van der Waals surface area contributed by atoms with Crippen molar-refractivity contribution in [3.8, 4) is 0 Å². The standard InChI is InChI=1S/C13H12N2OS/c16-11-8-9-4-1-2-5-10(9)12(11)17-13-14-6-3-7-15-13/h1-7,11-12,16H,8H2/t11-,12+/m0/s1. The van der Waals surface area contributed by atoms with Crippen molar-refractivity contribution in [1.82, 2.24) is 9.97 Å². The van der Waals surface area contributed by atoms with Gasteiger partial charge in [-0.05, 0) is 17.2 Å². The van der Waals surface area contributed by atoms with Crippen LogP contribution in [0.2, 0.25) is 0 Å². The van der Waals surface area contributed by atoms with Crippen LogP contribution in [-0.2, 0) is 6.42 Å². The number of rotatable bonds is 2. The smallest absolute Gasteiger partial charge is 0.188 e. The molecule has 1 aliphatic rings. The van der Waals surface area contributed by atoms with E-state index in [1.54, 1.807) is 18.5 Å². The molecule has 17 heavy (non-hydrogen) atoms. The number of hydrogen-bond acceptors (Lipinski definition) is 4. The van der Waals surface area contributed by atoms with E-state index >= 15 is 0 Å². The molecule has 0 amide bonds. The van der Waals surface area contributed by atoms with E-state index in [1.165, 1.54) is 22.9 Å². The average molecular weight is 244 g/mol. The van der Waals surface area contributed by atoms with Crippen molar-refractivity contribution in [2.75, 3.05) is 0 Å². The second kappa shape index (κ2) is 4.47. The number of aromatic nitrogens is 2. The van der Waals surface area contributed by atoms with E-state index in [2.05, 4.69) is 22.1 Å². The first-order chi connectivity index (χ1) is 8.34. The maximum absolute atomic E-state index is 10.1. The topological polar surface area (TPSA) is 46.0 Å². The van der Waals surface area contributed by atoms with Crippen LogP contribution in [0, 0.1) is 0 Å². The number of hydrogen-bond donors (Lipinski definition) is 1. The van der Waals surface area contributed by atoms with Gasteiger partial charge in [-0.1, -0.05) is 36.0 Å². The van der Waals surface area contributed by atoms with Crippen molar-refractivity contribution in [3.63, 3.8) is 0 Å². The van der Waals surface area contributed by atoms with Gasteiger partial charge in [0.15, 0.2) is 5.16 Å². The molecule has 1 heterocycles. The van der Waals surface area contributed by atoms with Gasteiger partial charge in [-0.15, -0.1) is 0 Å². The summed E-state index contributed by atoms with van der Waals surface area (Å²) < 4.78 is 0. The average Bonchev–Trinajstić information content (AvgIpc) is 2.68. The van der Waals surface area contributed by atoms with Crippen LogP contribution in [0.3, 0.4) is 0 Å². The Balaban J connectivity index is 1.89. The highest BCUT2D eigenvalue weighted by Crippen LogP contribution is 2.43. The first kappa shape index (κ1) is 10.7. The highest BCUT2D eigenvalue weighted by Gasteiger charge is 2.32. The third kappa shape index (κ3) is 2.06. The molecule has 2 atom stereocenters. The third-order valence-corrected chi connectivity index (χ3v) is 4.16. The molecule has 3 rings (SSSR count). The maximum Gasteiger partial charge on any atom is 0.188 e. The summed E-state index contributed by atoms with van der Waals surface area (Å²) in [6.45, 7) is 0. The van der Waals surface area contributed by atoms with Gasteiger partial charge in [-0.2, -0.15) is 0 Å². The Labute approximate surface area is 104 Å². The van der Waals surface area contributed by atoms with Crippen LogP contribution in [0.1, 0.15) is 16.4 Å². The van der Waals surface area contributed by atoms with Crippen molar-refractivity contribution >= 4 is 11.8 Å². The Morgan fingerprint density at radius 1 is 1.12 bits per heavy atom. The Bertz CT molecular complexity index is 518. The van der Waals surface area contributed by atoms with Gasteiger partial charge in [0, 0.05) is 18.8 Å². The molecule has 1 N–H and O–H groups in total. The van der Waals surface area contributed by atoms with Gasteiger partial charge >= 0.3 is 0 Å². The molecule has 0 saturated carbocycles. The first-order valence-electron chi connectivity index (χ1n) is 5.54. The lowest BCUT2D eigenvalue weighted by molar-refractivity contribution is 0.184. The van der Waals surface area contributed by atoms with Gasteiger partial charge in [0.05, 0.1) is 11.4 Å². The molecule has 0 saturated heterocycles. The fraction of sp³-hybridized carbons (Fsp3) is 0.231. The zero-order chi connectivity index (χ0) is 11.7. The van der Waals surface area contributed by atoms with Gasteiger partial charge in [0.1, 0.15) is 0 Å². The van der Waals surface area contributed by atoms with Crippen LogP contribution in [0.25, 0.3) is 0 Å². The molecule has 3 nitrogen and oxygen atoms in total. The number of aliphatic hydroxyl groups excluding tert-OH is 1. The van der Waals surface area contributed by atoms with Crippen molar-refractivity contribution < 1.29 is 5.11 Å². The molecule has 0 radical (unpaired) electrons. The molecule has 0 unspecified atom stereocenters. The van der Waals surface area contributed by atoms with E-state index < -0.39 is 0 Å². The highest BCUT2D eigenvalue weighted by molar-refractivity contribution is 7.99. The predicted molar refractivity (Wildman–Crippen MR) is 66.8 cm³/mol. The molecular formula is C13H12N2OS. The monoisotopic (exact) mass is 244 g/mol. The number of thioether (sulfide) groups is 1. The largest absolute Gasteiger partial charge is 0.391 e. The first-order valence-corrected chi connectivity index (χ1v) is 6.42. The summed E-state index contributed by atoms with van der Waals surface area (Å²) in [4.78, 5) is 8.38. The van der Waals surface area contributed by atoms with Gasteiger partial charge in [0.25, 0.3) is 0 Å². The summed E-state index contributed by atoms with van der Waals surface area (Å²) in [5.41, 5.74) is 2.44. The van der Waals surface area contributed by atoms with E-state index in [0.29, 0.717) is 5.16 Å². The second-order valence-electron chi connectivity index (χ2n) is 4.04. The molecule has 4 heteroatoms. The molecule has 0 spiro atoms. The summed E-state index contributed by atoms with van der Waals surface area (Å²) in [6, 6.07) is 9.97. The summed E-state index contributed by atoms with van der Waals surface area (Å²) >= 11 is 1.53. The molecule has 0 aliphatic heterocycles. The van der Waals surface area contributed by atoms with Gasteiger partial charge in [-0.25, -0.2) is 9.97 Å². The normalized spacial score (nSPS) is 22.4. The van der Waals surface area contributed by atoms with E-state index in [9.17, 15) is 5.11 Å². The van der Waals surface area contributed by atoms with Crippen molar-refractivity contribution in [3.05, 3.63) is 53.9 Å². The quantitative estimate of drug-likeness (QED) is 0.823. The minimum absolute atomic E-state index is 0.0496. The minimum atomic E-state index is -0.346. The third-order valence-electron chi connectivity index (χ3n) is 2.91. The summed E-state index contributed by atoms with van der Waals surface area (Å²) in [5, 5.41) is 10.9. The molecule has 1 aromatic carbocycles. The van der Waals surface area contributed by atoms with Crippen LogP contribution in [0.15, 0.2) is 47.9 Å². The van der Waals surface area contributed by atoms with E-state index in [-0.39, 0.29) is 11.4 Å². The number of fused-ring (bicyclic) bond motifs is 1. The molecule has 86 valence electrons. The molecule has 2 aromatic rings. The van der Waals surface area contributed by atoms with Crippen molar-refractivity contribution in [2.45, 2.75) is 22.9 Å². The Morgan fingerprint density at radius 3 is 2.71 bits per heavy atom. The van der Waals surface area contributed by atoms with Crippen LogP contribution in [0.4, 0.5) is 0 Å². The van der Waals surface area contributed by atoms with Crippen LogP contribution >= 0.6 is 11.8 Å². The highest BCUT2D eigenvalue weighted by atomic mass is 32.2. The number of nitrogens with zero attached hydrogens (tertiary/aromatic N) is 2. The fourth-order valence-corrected chi connectivity index (χ4v) is 3.22. The number of aliphatic hydroxyl groups is 1. The molecule has 1 aliphatic carbocycles. The Morgan fingerprint density at radius 2 is 1.88 bits per heavy atom. The Hall–Kier alpha value is -1.39. The zero-order valence-electron chi connectivity index (χ0n) is 9.15. The van der Waals surface area contributed by atoms with Crippen molar-refractivity contribution in [1.29, 1.82) is 0 Å². The number of benzene rings is 1. The van der Waals surface area contributed by atoms with Crippen LogP contribution in [-0.4, -0.2) is 21.2 Å². The second-order valence-corrected chi connectivity index (χ2v) is 5.15. The predicted octanol–water partition coefficient (Wildman–Crippen LogP) is 2.23. The lowest BCUT2D eigenvalue weighted by atomic mass is 10.1. The van der Waals surface area contributed by atoms with Gasteiger partial charge in [-0.3, -0.25) is 0 Å². The van der Waals surface area contributed by atoms with Crippen molar-refractivity contribution in [2.24, 2.45) is 0 Å². The maximum atomic E-state index is 10.1. The summed E-state index contributed by atoms with van der Waals surface area (Å²) in [5.74, 6) is 0. The fourth-order valence-electron chi connectivity index (χ4n) is 2.14. The molecular weight excluding hydrogens is 232 g/mol. The van der Waals surface area contributed by atoms with Crippen LogP contribution < -0.4 is 0 Å². The summed E-state index contributed by atoms with van der Waals surface area (Å²) in [6.07, 6.45) is 3.83.